The van der Waals surface area contributed by atoms with Crippen LogP contribution in [0.4, 0.5) is 0 Å². The molecule has 2 aromatic rings. The molecule has 2 rings (SSSR count). The fourth-order valence-electron chi connectivity index (χ4n) is 9.83. The summed E-state index contributed by atoms with van der Waals surface area (Å²) in [7, 11) is -11.8. The summed E-state index contributed by atoms with van der Waals surface area (Å²) in [4.78, 5) is 15.2. The molecule has 0 heterocycles. The van der Waals surface area contributed by atoms with Crippen molar-refractivity contribution in [1.82, 2.24) is 0 Å². The summed E-state index contributed by atoms with van der Waals surface area (Å²) in [5.74, 6) is 0.244. The minimum atomic E-state index is -2.60. The Hall–Kier alpha value is -1.83. The summed E-state index contributed by atoms with van der Waals surface area (Å²) in [5, 5.41) is 14.2. The van der Waals surface area contributed by atoms with Crippen LogP contribution in [-0.2, 0) is 26.9 Å². The highest BCUT2D eigenvalue weighted by Gasteiger charge is 2.51. The van der Waals surface area contributed by atoms with Crippen LogP contribution >= 0.6 is 0 Å². The Morgan fingerprint density at radius 3 is 1.52 bits per heavy atom. The summed E-state index contributed by atoms with van der Waals surface area (Å²) < 4.78 is 36.3. The van der Waals surface area contributed by atoms with Crippen molar-refractivity contribution in [3.05, 3.63) is 96.6 Å². The highest BCUT2D eigenvalue weighted by Crippen LogP contribution is 2.44. The van der Waals surface area contributed by atoms with Crippen LogP contribution in [0.25, 0.3) is 0 Å². The van der Waals surface area contributed by atoms with Gasteiger partial charge in [0.25, 0.3) is 8.32 Å². The number of aliphatic hydroxyl groups is 1. The number of ketones is 1. The van der Waals surface area contributed by atoms with Crippen LogP contribution in [0, 0.1) is 17.8 Å². The van der Waals surface area contributed by atoms with Crippen molar-refractivity contribution in [2.24, 2.45) is 17.8 Å². The van der Waals surface area contributed by atoms with E-state index in [9.17, 15) is 5.11 Å². The number of aliphatic hydroxyl groups excluding tert-OH is 1. The first kappa shape index (κ1) is 71.3. The lowest BCUT2D eigenvalue weighted by Gasteiger charge is -2.47. The molecule has 7 nitrogen and oxygen atoms in total. The van der Waals surface area contributed by atoms with Gasteiger partial charge in [-0.25, -0.2) is 0 Å². The predicted octanol–water partition coefficient (Wildman–Crippen LogP) is 17.6. The standard InChI is InChI=1S/C65H118O7Si5/c1-27-76(28-2,29-3)69-49-56(70-73(21,22)62(9,10)11)47-54(8)60(71-74(23,24)63(12,13)14)61(72-75(25,26)64(15,16)17)59(67)48-55(66)46-53(7)52(6)45-51(5)44-50(4)38-36-37-43-68-77(65(18,19)20,57-39-32-30-33-40-57)58-41-34-31-35-42-58/h30-37,39-42,45,50,53-56,60-61,66H,5,27-29,38,43-44,46-49H2,1-4,6-26H3/b37-36+,52-45+/t50-,53-,54+,55-,56+,60-,61-/m0/s1. The monoisotopic (exact) mass is 1150 g/mol. The topological polar surface area (TPSA) is 83.5 Å². The molecule has 440 valence electrons. The van der Waals surface area contributed by atoms with Crippen LogP contribution in [0.3, 0.4) is 0 Å². The highest BCUT2D eigenvalue weighted by molar-refractivity contribution is 6.99. The van der Waals surface area contributed by atoms with Crippen molar-refractivity contribution >= 4 is 57.7 Å². The van der Waals surface area contributed by atoms with Crippen LogP contribution < -0.4 is 10.4 Å². The average Bonchev–Trinajstić information content (AvgIpc) is 3.30. The molecule has 2 aromatic carbocycles. The summed E-state index contributed by atoms with van der Waals surface area (Å²) in [6.07, 6.45) is 7.18. The minimum absolute atomic E-state index is 0.00426. The molecule has 0 aliphatic carbocycles. The van der Waals surface area contributed by atoms with E-state index in [1.165, 1.54) is 10.4 Å². The van der Waals surface area contributed by atoms with E-state index in [1.54, 1.807) is 0 Å². The first-order valence-electron chi connectivity index (χ1n) is 29.8. The molecule has 0 amide bonds. The first-order valence-corrected chi connectivity index (χ1v) is 43.0. The minimum Gasteiger partial charge on any atom is -0.414 e. The zero-order valence-corrected chi connectivity index (χ0v) is 59.2. The van der Waals surface area contributed by atoms with E-state index in [-0.39, 0.29) is 50.3 Å². The van der Waals surface area contributed by atoms with Gasteiger partial charge in [-0.3, -0.25) is 4.79 Å². The quantitative estimate of drug-likeness (QED) is 0.0444. The van der Waals surface area contributed by atoms with E-state index in [0.29, 0.717) is 32.0 Å². The van der Waals surface area contributed by atoms with Gasteiger partial charge in [-0.15, -0.1) is 0 Å². The SMILES string of the molecule is C=C(/C=C(\C)[C@@H](C)C[C@H](O)CC(=O)[C@H](O[Si](C)(C)C(C)(C)C)[C@@H](O[Si](C)(C)C(C)(C)C)[C@H](C)C[C@H](CO[Si](CC)(CC)CC)O[Si](C)(C)C(C)(C)C)C[C@@H](C)C/C=C/CO[Si](c1ccccc1)(c1ccccc1)C(C)(C)C. The van der Waals surface area contributed by atoms with E-state index >= 15 is 4.79 Å². The smallest absolute Gasteiger partial charge is 0.261 e. The van der Waals surface area contributed by atoms with Gasteiger partial charge in [0.05, 0.1) is 31.5 Å². The molecule has 1 N–H and O–H groups in total. The van der Waals surface area contributed by atoms with Crippen LogP contribution in [0.1, 0.15) is 164 Å². The largest absolute Gasteiger partial charge is 0.414 e. The van der Waals surface area contributed by atoms with E-state index < -0.39 is 59.9 Å². The number of hydrogen-bond acceptors (Lipinski definition) is 7. The van der Waals surface area contributed by atoms with Gasteiger partial charge in [-0.1, -0.05) is 221 Å². The molecule has 77 heavy (non-hydrogen) atoms. The molecular weight excluding hydrogens is 1030 g/mol. The van der Waals surface area contributed by atoms with Crippen LogP contribution in [0.5, 0.6) is 0 Å². The molecule has 0 aliphatic rings. The van der Waals surface area contributed by atoms with Gasteiger partial charge in [0.1, 0.15) is 6.10 Å². The van der Waals surface area contributed by atoms with Crippen molar-refractivity contribution in [3.8, 4) is 0 Å². The van der Waals surface area contributed by atoms with Gasteiger partial charge in [0.15, 0.2) is 39.1 Å². The Kier molecular flexibility index (Phi) is 27.2. The fraction of sp³-hybridized carbons (Fsp3) is 0.708. The fourth-order valence-corrected chi connectivity index (χ4v) is 21.0. The molecule has 0 fully saturated rings. The van der Waals surface area contributed by atoms with Crippen molar-refractivity contribution in [1.29, 1.82) is 0 Å². The Morgan fingerprint density at radius 2 is 1.08 bits per heavy atom. The van der Waals surface area contributed by atoms with Crippen LogP contribution in [0.15, 0.2) is 96.6 Å². The number of Topliss-reactive ketones (excluding diaryl/α,β-unsaturated/α-hetero) is 1. The van der Waals surface area contributed by atoms with Crippen molar-refractivity contribution in [3.63, 3.8) is 0 Å². The summed E-state index contributed by atoms with van der Waals surface area (Å²) in [6.45, 7) is 62.2. The maximum atomic E-state index is 15.2. The lowest BCUT2D eigenvalue weighted by atomic mass is 9.88. The second-order valence-electron chi connectivity index (χ2n) is 28.9. The zero-order chi connectivity index (χ0) is 59.2. The number of carbonyl (C=O) groups excluding carboxylic acids is 1. The molecule has 0 aliphatic heterocycles. The first-order chi connectivity index (χ1) is 35.2. The second-order valence-corrected chi connectivity index (χ2v) is 52.3. The maximum absolute atomic E-state index is 15.2. The number of carbonyl (C=O) groups is 1. The normalized spacial score (nSPS) is 17.0. The highest BCUT2D eigenvalue weighted by atomic mass is 28.4. The Morgan fingerprint density at radius 1 is 0.623 bits per heavy atom. The summed E-state index contributed by atoms with van der Waals surface area (Å²) in [6, 6.07) is 24.8. The average molecular weight is 1150 g/mol. The van der Waals surface area contributed by atoms with E-state index in [1.807, 2.05) is 0 Å². The predicted molar refractivity (Wildman–Crippen MR) is 347 cm³/mol. The van der Waals surface area contributed by atoms with Crippen LogP contribution in [-0.4, -0.2) is 90.1 Å². The van der Waals surface area contributed by atoms with E-state index in [2.05, 4.69) is 256 Å². The number of benzene rings is 2. The third-order valence-corrected chi connectivity index (χ3v) is 41.6. The van der Waals surface area contributed by atoms with Gasteiger partial charge in [-0.05, 0) is 138 Å². The summed E-state index contributed by atoms with van der Waals surface area (Å²) >= 11 is 0. The summed E-state index contributed by atoms with van der Waals surface area (Å²) in [5.41, 5.74) is 2.22. The Balaban J connectivity index is 2.39. The van der Waals surface area contributed by atoms with Gasteiger partial charge in [0, 0.05) is 6.42 Å². The molecule has 0 spiro atoms. The van der Waals surface area contributed by atoms with E-state index in [4.69, 9.17) is 22.1 Å². The van der Waals surface area contributed by atoms with Gasteiger partial charge < -0.3 is 27.2 Å². The molecule has 0 saturated carbocycles. The van der Waals surface area contributed by atoms with Gasteiger partial charge in [-0.2, -0.15) is 0 Å². The van der Waals surface area contributed by atoms with Crippen LogP contribution in [0.2, 0.25) is 77.6 Å². The third kappa shape index (κ3) is 20.5. The number of allylic oxidation sites excluding steroid dienone is 4. The van der Waals surface area contributed by atoms with Crippen molar-refractivity contribution in [2.45, 2.75) is 266 Å². The van der Waals surface area contributed by atoms with Gasteiger partial charge in [0.2, 0.25) is 0 Å². The second kappa shape index (κ2) is 29.4. The van der Waals surface area contributed by atoms with E-state index in [0.717, 1.165) is 42.1 Å². The zero-order valence-electron chi connectivity index (χ0n) is 54.2. The van der Waals surface area contributed by atoms with Crippen molar-refractivity contribution < 1.29 is 32.0 Å². The molecule has 0 saturated heterocycles. The van der Waals surface area contributed by atoms with Crippen molar-refractivity contribution in [2.75, 3.05) is 13.2 Å². The molecule has 0 bridgehead atoms. The molecule has 0 radical (unpaired) electrons. The third-order valence-electron chi connectivity index (χ3n) is 18.5. The molecule has 12 heteroatoms. The molecular formula is C65H118O7Si5. The Bertz CT molecular complexity index is 2090. The van der Waals surface area contributed by atoms with Gasteiger partial charge >= 0.3 is 0 Å². The Labute approximate surface area is 480 Å². The molecule has 0 aromatic heterocycles. The lowest BCUT2D eigenvalue weighted by molar-refractivity contribution is -0.135. The lowest BCUT2D eigenvalue weighted by Crippen LogP contribution is -2.66. The number of rotatable bonds is 32. The molecule has 0 unspecified atom stereocenters. The number of hydrogen-bond donors (Lipinski definition) is 1. The maximum Gasteiger partial charge on any atom is 0.261 e. The molecule has 7 atom stereocenters.